The summed E-state index contributed by atoms with van der Waals surface area (Å²) in [4.78, 5) is 61.3. The van der Waals surface area contributed by atoms with Gasteiger partial charge in [-0.25, -0.2) is 4.79 Å². The van der Waals surface area contributed by atoms with Crippen LogP contribution in [-0.4, -0.2) is 57.7 Å². The van der Waals surface area contributed by atoms with Gasteiger partial charge in [-0.3, -0.25) is 24.5 Å². The molecule has 0 spiro atoms. The number of benzene rings is 2. The van der Waals surface area contributed by atoms with Crippen LogP contribution in [0.5, 0.6) is 5.75 Å². The molecule has 0 bridgehead atoms. The van der Waals surface area contributed by atoms with Gasteiger partial charge in [-0.05, 0) is 36.2 Å². The summed E-state index contributed by atoms with van der Waals surface area (Å²) >= 11 is 0. The van der Waals surface area contributed by atoms with Crippen LogP contribution in [0.2, 0.25) is 0 Å². The third-order valence-corrected chi connectivity index (χ3v) is 5.20. The van der Waals surface area contributed by atoms with Crippen LogP contribution in [0.15, 0.2) is 54.6 Å². The first-order valence-corrected chi connectivity index (χ1v) is 10.7. The lowest BCUT2D eigenvalue weighted by atomic mass is 9.92. The van der Waals surface area contributed by atoms with Gasteiger partial charge in [-0.2, -0.15) is 4.79 Å². The van der Waals surface area contributed by atoms with E-state index < -0.39 is 46.3 Å². The van der Waals surface area contributed by atoms with Crippen molar-refractivity contribution in [3.05, 3.63) is 75.8 Å². The molecule has 2 aromatic carbocycles. The van der Waals surface area contributed by atoms with Crippen LogP contribution in [0.1, 0.15) is 18.4 Å². The number of esters is 1. The molecular weight excluding hydrogens is 474 g/mol. The van der Waals surface area contributed by atoms with Crippen molar-refractivity contribution in [2.75, 3.05) is 6.61 Å². The Bertz CT molecular complexity index is 1210. The Morgan fingerprint density at radius 3 is 2.42 bits per heavy atom. The fourth-order valence-corrected chi connectivity index (χ4v) is 3.27. The molecule has 0 unspecified atom stereocenters. The smallest absolute Gasteiger partial charge is 0.441 e. The Hall–Kier alpha value is -4.90. The van der Waals surface area contributed by atoms with Gasteiger partial charge >= 0.3 is 11.7 Å². The van der Waals surface area contributed by atoms with Crippen molar-refractivity contribution in [2.24, 2.45) is 0 Å². The molecule has 186 valence electrons. The molecule has 1 saturated heterocycles. The van der Waals surface area contributed by atoms with Crippen LogP contribution < -0.4 is 15.4 Å². The average molecular weight is 495 g/mol. The number of hydrogen-bond acceptors (Lipinski definition) is 8. The summed E-state index contributed by atoms with van der Waals surface area (Å²) < 4.78 is 10.3. The van der Waals surface area contributed by atoms with Crippen LogP contribution in [0, 0.1) is 10.1 Å². The first kappa shape index (κ1) is 25.7. The Kier molecular flexibility index (Phi) is 8.57. The van der Waals surface area contributed by atoms with Gasteiger partial charge in [0, 0.05) is 18.6 Å². The lowest BCUT2D eigenvalue weighted by molar-refractivity contribution is -0.384. The molecule has 2 aromatic rings. The average Bonchev–Trinajstić information content (AvgIpc) is 2.88. The van der Waals surface area contributed by atoms with Crippen molar-refractivity contribution in [2.45, 2.75) is 31.5 Å². The lowest BCUT2D eigenvalue weighted by Gasteiger charge is -2.36. The highest BCUT2D eigenvalue weighted by Gasteiger charge is 2.41. The topological polar surface area (TPSA) is 190 Å². The second-order valence-electron chi connectivity index (χ2n) is 7.67. The second kappa shape index (κ2) is 12.0. The number of β-lactam (4-membered cyclic amide) rings is 1. The highest BCUT2D eigenvalue weighted by Crippen LogP contribution is 2.15. The van der Waals surface area contributed by atoms with Crippen LogP contribution in [0.25, 0.3) is 5.53 Å². The zero-order valence-corrected chi connectivity index (χ0v) is 18.8. The van der Waals surface area contributed by atoms with E-state index in [4.69, 9.17) is 15.0 Å². The third-order valence-electron chi connectivity index (χ3n) is 5.20. The fraction of sp³-hybridized carbons (Fsp3) is 0.261. The molecule has 2 N–H and O–H groups in total. The number of rotatable bonds is 12. The SMILES string of the molecule is [N-]=[N+]=C(C(=O)CC[C@H]1NC(=O)[C@H]1NC(=O)COc1ccccc1)C(=O)OCc1ccc([N+](=O)[O-])cc1. The maximum Gasteiger partial charge on any atom is 0.441 e. The summed E-state index contributed by atoms with van der Waals surface area (Å²) in [6.45, 7) is -0.609. The number of carbonyl (C=O) groups is 4. The van der Waals surface area contributed by atoms with Gasteiger partial charge in [0.1, 0.15) is 18.4 Å². The van der Waals surface area contributed by atoms with E-state index in [2.05, 4.69) is 15.4 Å². The summed E-state index contributed by atoms with van der Waals surface area (Å²) in [6, 6.07) is 12.4. The molecule has 1 heterocycles. The van der Waals surface area contributed by atoms with Crippen molar-refractivity contribution < 1.29 is 38.4 Å². The van der Waals surface area contributed by atoms with Gasteiger partial charge in [-0.15, -0.1) is 0 Å². The van der Waals surface area contributed by atoms with Crippen LogP contribution in [0.3, 0.4) is 0 Å². The van der Waals surface area contributed by atoms with Gasteiger partial charge in [-0.1, -0.05) is 18.2 Å². The van der Waals surface area contributed by atoms with Crippen molar-refractivity contribution in [3.8, 4) is 5.75 Å². The van der Waals surface area contributed by atoms with E-state index in [-0.39, 0.29) is 31.7 Å². The van der Waals surface area contributed by atoms with Crippen molar-refractivity contribution in [3.63, 3.8) is 0 Å². The van der Waals surface area contributed by atoms with E-state index in [1.807, 2.05) is 0 Å². The van der Waals surface area contributed by atoms with Gasteiger partial charge in [0.15, 0.2) is 6.61 Å². The quantitative estimate of drug-likeness (QED) is 0.0629. The van der Waals surface area contributed by atoms with Crippen LogP contribution >= 0.6 is 0 Å². The summed E-state index contributed by atoms with van der Waals surface area (Å²) in [5.74, 6) is -2.48. The van der Waals surface area contributed by atoms with E-state index in [9.17, 15) is 29.3 Å². The number of para-hydroxylation sites is 1. The summed E-state index contributed by atoms with van der Waals surface area (Å²) in [5, 5.41) is 15.8. The second-order valence-corrected chi connectivity index (χ2v) is 7.67. The largest absolute Gasteiger partial charge is 0.484 e. The first-order chi connectivity index (χ1) is 17.3. The van der Waals surface area contributed by atoms with Gasteiger partial charge < -0.3 is 25.6 Å². The molecule has 2 amide bonds. The van der Waals surface area contributed by atoms with Crippen molar-refractivity contribution in [1.29, 1.82) is 0 Å². The molecule has 1 aliphatic rings. The number of amides is 2. The minimum absolute atomic E-state index is 0.0592. The first-order valence-electron chi connectivity index (χ1n) is 10.7. The number of carbonyl (C=O) groups excluding carboxylic acids is 4. The molecule has 3 rings (SSSR count). The number of nitrogens with one attached hydrogen (secondary N) is 2. The number of hydrogen-bond donors (Lipinski definition) is 2. The Labute approximate surface area is 204 Å². The van der Waals surface area contributed by atoms with Crippen LogP contribution in [-0.2, 0) is 30.5 Å². The highest BCUT2D eigenvalue weighted by atomic mass is 16.6. The van der Waals surface area contributed by atoms with E-state index in [0.717, 1.165) is 0 Å². The van der Waals surface area contributed by atoms with Gasteiger partial charge in [0.05, 0.1) is 11.0 Å². The summed E-state index contributed by atoms with van der Waals surface area (Å²) in [6.07, 6.45) is -0.215. The molecule has 13 nitrogen and oxygen atoms in total. The monoisotopic (exact) mass is 495 g/mol. The molecule has 1 aliphatic heterocycles. The Balaban J connectivity index is 1.44. The number of Topliss-reactive ketones (excluding diaryl/α,β-unsaturated/α-hetero) is 1. The molecule has 0 aliphatic carbocycles. The number of ketones is 1. The summed E-state index contributed by atoms with van der Waals surface area (Å²) in [7, 11) is 0. The predicted molar refractivity (Wildman–Crippen MR) is 122 cm³/mol. The minimum Gasteiger partial charge on any atom is -0.484 e. The van der Waals surface area contributed by atoms with Gasteiger partial charge in [0.2, 0.25) is 5.91 Å². The highest BCUT2D eigenvalue weighted by molar-refractivity contribution is 6.62. The maximum atomic E-state index is 12.4. The number of non-ortho nitro benzene ring substituents is 1. The van der Waals surface area contributed by atoms with E-state index in [0.29, 0.717) is 11.3 Å². The normalized spacial score (nSPS) is 15.9. The third kappa shape index (κ3) is 6.81. The molecule has 2 atom stereocenters. The molecule has 0 saturated carbocycles. The van der Waals surface area contributed by atoms with E-state index in [1.54, 1.807) is 30.3 Å². The number of nitro groups is 1. The zero-order chi connectivity index (χ0) is 26.1. The maximum absolute atomic E-state index is 12.4. The molecule has 36 heavy (non-hydrogen) atoms. The fourth-order valence-electron chi connectivity index (χ4n) is 3.27. The Morgan fingerprint density at radius 2 is 1.81 bits per heavy atom. The van der Waals surface area contributed by atoms with Crippen molar-refractivity contribution >= 4 is 35.0 Å². The van der Waals surface area contributed by atoms with Crippen molar-refractivity contribution in [1.82, 2.24) is 10.6 Å². The molecule has 1 fully saturated rings. The number of nitrogens with zero attached hydrogens (tertiary/aromatic N) is 3. The molecular formula is C23H21N5O8. The number of ether oxygens (including phenoxy) is 2. The lowest BCUT2D eigenvalue weighted by Crippen LogP contribution is -2.69. The molecule has 0 radical (unpaired) electrons. The Morgan fingerprint density at radius 1 is 1.11 bits per heavy atom. The van der Waals surface area contributed by atoms with E-state index in [1.165, 1.54) is 24.3 Å². The van der Waals surface area contributed by atoms with E-state index >= 15 is 0 Å². The minimum atomic E-state index is -1.18. The standard InChI is InChI=1S/C23H21N5O8/c24-27-21(23(32)36-12-14-6-8-15(9-7-14)28(33)34)18(29)11-10-17-20(22(31)25-17)26-19(30)13-35-16-4-2-1-3-5-16/h1-9,17,20H,10-13H2,(H,25,31)(H,26,30)/t17-,20+/m1/s1. The van der Waals surface area contributed by atoms with Gasteiger partial charge in [0.25, 0.3) is 17.4 Å². The number of nitro benzene ring substituents is 1. The predicted octanol–water partition coefficient (Wildman–Crippen LogP) is 0.720. The van der Waals surface area contributed by atoms with Crippen LogP contribution in [0.4, 0.5) is 5.69 Å². The molecule has 13 heteroatoms. The molecule has 0 aromatic heterocycles. The zero-order valence-electron chi connectivity index (χ0n) is 18.8. The summed E-state index contributed by atoms with van der Waals surface area (Å²) in [5.41, 5.74) is 8.56.